The molecule has 5 heteroatoms. The molecule has 24 heavy (non-hydrogen) atoms. The number of likely N-dealkylation sites (tertiary alicyclic amines) is 1. The van der Waals surface area contributed by atoms with E-state index in [1.165, 1.54) is 16.9 Å². The summed E-state index contributed by atoms with van der Waals surface area (Å²) >= 11 is 7.68. The van der Waals surface area contributed by atoms with E-state index in [0.29, 0.717) is 12.3 Å². The maximum Gasteiger partial charge on any atom is 0.320 e. The Morgan fingerprint density at radius 3 is 2.42 bits per heavy atom. The molecule has 0 saturated carbocycles. The summed E-state index contributed by atoms with van der Waals surface area (Å²) in [5.41, 5.74) is 2.42. The summed E-state index contributed by atoms with van der Waals surface area (Å²) in [6.07, 6.45) is 1.62. The van der Waals surface area contributed by atoms with Crippen molar-refractivity contribution in [1.29, 1.82) is 0 Å². The van der Waals surface area contributed by atoms with Crippen molar-refractivity contribution in [3.8, 4) is 0 Å². The largest absolute Gasteiger partial charge is 0.480 e. The first-order valence-corrected chi connectivity index (χ1v) is 9.50. The third-order valence-electron chi connectivity index (χ3n) is 4.69. The van der Waals surface area contributed by atoms with Crippen molar-refractivity contribution in [2.24, 2.45) is 0 Å². The normalized spacial score (nSPS) is 19.8. The second-order valence-electron chi connectivity index (χ2n) is 6.60. The summed E-state index contributed by atoms with van der Waals surface area (Å²) in [7, 11) is 0. The molecule has 0 bridgehead atoms. The first-order chi connectivity index (χ1) is 11.5. The fourth-order valence-corrected chi connectivity index (χ4v) is 4.63. The average molecular weight is 364 g/mol. The van der Waals surface area contributed by atoms with Gasteiger partial charge in [-0.25, -0.2) is 0 Å². The van der Waals surface area contributed by atoms with E-state index < -0.39 is 12.0 Å². The summed E-state index contributed by atoms with van der Waals surface area (Å²) in [4.78, 5) is 14.9. The number of hydrogen-bond acceptors (Lipinski definition) is 3. The van der Waals surface area contributed by atoms with Crippen molar-refractivity contribution >= 4 is 28.9 Å². The van der Waals surface area contributed by atoms with E-state index in [9.17, 15) is 9.90 Å². The maximum absolute atomic E-state index is 11.7. The summed E-state index contributed by atoms with van der Waals surface area (Å²) in [5.74, 6) is -0.258. The molecule has 2 unspecified atom stereocenters. The van der Waals surface area contributed by atoms with Gasteiger partial charge in [0, 0.05) is 11.4 Å². The smallest absolute Gasteiger partial charge is 0.320 e. The molecule has 3 rings (SSSR count). The van der Waals surface area contributed by atoms with Crippen LogP contribution in [-0.2, 0) is 4.79 Å². The van der Waals surface area contributed by atoms with Crippen molar-refractivity contribution in [3.05, 3.63) is 56.7 Å². The first kappa shape index (κ1) is 17.5. The number of thiophene rings is 1. The highest BCUT2D eigenvalue weighted by Gasteiger charge is 2.37. The third-order valence-corrected chi connectivity index (χ3v) is 5.98. The van der Waals surface area contributed by atoms with Gasteiger partial charge in [-0.3, -0.25) is 9.69 Å². The molecule has 0 aliphatic carbocycles. The first-order valence-electron chi connectivity index (χ1n) is 8.31. The minimum absolute atomic E-state index is 0.0488. The van der Waals surface area contributed by atoms with E-state index in [4.69, 9.17) is 11.6 Å². The Morgan fingerprint density at radius 1 is 1.21 bits per heavy atom. The van der Waals surface area contributed by atoms with Crippen LogP contribution in [0.2, 0.25) is 4.34 Å². The summed E-state index contributed by atoms with van der Waals surface area (Å²) in [5, 5.41) is 9.58. The van der Waals surface area contributed by atoms with E-state index in [0.717, 1.165) is 27.7 Å². The predicted octanol–water partition coefficient (Wildman–Crippen LogP) is 5.16. The Bertz CT molecular complexity index is 710. The van der Waals surface area contributed by atoms with E-state index >= 15 is 0 Å². The molecule has 0 amide bonds. The molecule has 1 aromatic carbocycles. The zero-order valence-electron chi connectivity index (χ0n) is 13.9. The topological polar surface area (TPSA) is 40.5 Å². The molecule has 3 nitrogen and oxygen atoms in total. The van der Waals surface area contributed by atoms with Crippen molar-refractivity contribution in [2.45, 2.75) is 44.7 Å². The molecule has 1 saturated heterocycles. The quantitative estimate of drug-likeness (QED) is 0.797. The van der Waals surface area contributed by atoms with Crippen molar-refractivity contribution < 1.29 is 9.90 Å². The average Bonchev–Trinajstić information content (AvgIpc) is 3.18. The number of rotatable bonds is 5. The van der Waals surface area contributed by atoms with Crippen LogP contribution < -0.4 is 0 Å². The van der Waals surface area contributed by atoms with E-state index in [1.807, 2.05) is 12.1 Å². The number of hydrogen-bond donors (Lipinski definition) is 1. The van der Waals surface area contributed by atoms with Crippen LogP contribution in [0, 0.1) is 0 Å². The number of benzene rings is 1. The van der Waals surface area contributed by atoms with E-state index in [1.54, 1.807) is 0 Å². The molecule has 0 spiro atoms. The zero-order valence-corrected chi connectivity index (χ0v) is 15.5. The fourth-order valence-electron chi connectivity index (χ4n) is 3.42. The lowest BCUT2D eigenvalue weighted by atomic mass is 9.97. The van der Waals surface area contributed by atoms with Gasteiger partial charge in [-0.05, 0) is 42.0 Å². The van der Waals surface area contributed by atoms with Gasteiger partial charge in [0.05, 0.1) is 10.4 Å². The van der Waals surface area contributed by atoms with Crippen LogP contribution in [0.4, 0.5) is 0 Å². The lowest BCUT2D eigenvalue weighted by Gasteiger charge is -2.31. The minimum Gasteiger partial charge on any atom is -0.480 e. The maximum atomic E-state index is 11.7. The SMILES string of the molecule is CC(C)c1ccc(C(c2ccc(Cl)s2)N2CCCC2C(=O)O)cc1. The number of halogens is 1. The number of carboxylic acids is 1. The van der Waals surface area contributed by atoms with Gasteiger partial charge in [0.15, 0.2) is 0 Å². The fraction of sp³-hybridized carbons (Fsp3) is 0.421. The van der Waals surface area contributed by atoms with Crippen LogP contribution in [0.15, 0.2) is 36.4 Å². The van der Waals surface area contributed by atoms with Gasteiger partial charge in [-0.2, -0.15) is 0 Å². The number of carboxylic acid groups (broad SMARTS) is 1. The standard InChI is InChI=1S/C19H22ClNO2S/c1-12(2)13-5-7-14(8-6-13)18(16-9-10-17(20)24-16)21-11-3-4-15(21)19(22)23/h5-10,12,15,18H,3-4,11H2,1-2H3,(H,22,23). The van der Waals surface area contributed by atoms with E-state index in [2.05, 4.69) is 43.0 Å². The highest BCUT2D eigenvalue weighted by atomic mass is 35.5. The summed E-state index contributed by atoms with van der Waals surface area (Å²) < 4.78 is 0.736. The Hall–Kier alpha value is -1.36. The summed E-state index contributed by atoms with van der Waals surface area (Å²) in [6.45, 7) is 5.14. The van der Waals surface area contributed by atoms with Crippen LogP contribution >= 0.6 is 22.9 Å². The molecule has 2 atom stereocenters. The Balaban J connectivity index is 2.00. The van der Waals surface area contributed by atoms with Gasteiger partial charge < -0.3 is 5.11 Å². The second-order valence-corrected chi connectivity index (χ2v) is 8.35. The number of aliphatic carboxylic acids is 1. The Morgan fingerprint density at radius 2 is 1.88 bits per heavy atom. The molecule has 0 radical (unpaired) electrons. The van der Waals surface area contributed by atoms with Gasteiger partial charge in [0.25, 0.3) is 0 Å². The second kappa shape index (κ2) is 7.26. The monoisotopic (exact) mass is 363 g/mol. The van der Waals surface area contributed by atoms with Crippen molar-refractivity contribution in [2.75, 3.05) is 6.54 Å². The lowest BCUT2D eigenvalue weighted by Crippen LogP contribution is -2.39. The minimum atomic E-state index is -0.737. The van der Waals surface area contributed by atoms with Crippen LogP contribution in [-0.4, -0.2) is 28.6 Å². The molecule has 1 aliphatic rings. The van der Waals surface area contributed by atoms with Gasteiger partial charge >= 0.3 is 5.97 Å². The third kappa shape index (κ3) is 3.51. The van der Waals surface area contributed by atoms with Crippen LogP contribution in [0.3, 0.4) is 0 Å². The van der Waals surface area contributed by atoms with Crippen molar-refractivity contribution in [3.63, 3.8) is 0 Å². The molecule has 1 N–H and O–H groups in total. The Kier molecular flexibility index (Phi) is 5.28. The predicted molar refractivity (Wildman–Crippen MR) is 99.1 cm³/mol. The highest BCUT2D eigenvalue weighted by molar-refractivity contribution is 7.16. The van der Waals surface area contributed by atoms with Gasteiger partial charge in [0.2, 0.25) is 0 Å². The Labute approximate surface area is 151 Å². The molecule has 1 aliphatic heterocycles. The van der Waals surface area contributed by atoms with Gasteiger partial charge in [-0.1, -0.05) is 49.7 Å². The van der Waals surface area contributed by atoms with Gasteiger partial charge in [0.1, 0.15) is 6.04 Å². The lowest BCUT2D eigenvalue weighted by molar-refractivity contribution is -0.142. The molecular weight excluding hydrogens is 342 g/mol. The van der Waals surface area contributed by atoms with Crippen LogP contribution in [0.1, 0.15) is 54.7 Å². The number of nitrogens with zero attached hydrogens (tertiary/aromatic N) is 1. The molecule has 1 aromatic heterocycles. The molecule has 2 aromatic rings. The van der Waals surface area contributed by atoms with E-state index in [-0.39, 0.29) is 6.04 Å². The zero-order chi connectivity index (χ0) is 17.3. The highest BCUT2D eigenvalue weighted by Crippen LogP contribution is 2.39. The van der Waals surface area contributed by atoms with Crippen LogP contribution in [0.5, 0.6) is 0 Å². The summed E-state index contributed by atoms with van der Waals surface area (Å²) in [6, 6.07) is 12.0. The molecule has 128 valence electrons. The molecule has 1 fully saturated rings. The number of carbonyl (C=O) groups is 1. The molecular formula is C19H22ClNO2S. The molecule has 2 heterocycles. The van der Waals surface area contributed by atoms with Gasteiger partial charge in [-0.15, -0.1) is 11.3 Å². The van der Waals surface area contributed by atoms with Crippen molar-refractivity contribution in [1.82, 2.24) is 4.90 Å². The van der Waals surface area contributed by atoms with Crippen LogP contribution in [0.25, 0.3) is 0 Å².